The number of rotatable bonds is 12. The Morgan fingerprint density at radius 2 is 1.64 bits per heavy atom. The van der Waals surface area contributed by atoms with Crippen molar-refractivity contribution < 1.29 is 4.79 Å². The molecule has 0 saturated heterocycles. The fraction of sp³-hybridized carbons (Fsp3) is 0.667. The SMILES string of the molecule is CCCCCCCCCCCCNC(=O)c1ncccc1Br. The second-order valence-electron chi connectivity index (χ2n) is 5.77. The number of nitrogens with one attached hydrogen (secondary N) is 1. The highest BCUT2D eigenvalue weighted by Crippen LogP contribution is 2.13. The van der Waals surface area contributed by atoms with E-state index in [9.17, 15) is 4.79 Å². The molecule has 22 heavy (non-hydrogen) atoms. The second kappa shape index (κ2) is 12.6. The first-order valence-electron chi connectivity index (χ1n) is 8.64. The van der Waals surface area contributed by atoms with Crippen LogP contribution in [0.3, 0.4) is 0 Å². The molecule has 0 atom stereocenters. The summed E-state index contributed by atoms with van der Waals surface area (Å²) in [5, 5.41) is 2.93. The molecule has 0 aliphatic rings. The van der Waals surface area contributed by atoms with E-state index in [1.54, 1.807) is 6.20 Å². The van der Waals surface area contributed by atoms with Crippen LogP contribution < -0.4 is 5.32 Å². The molecule has 0 aromatic carbocycles. The Bertz CT molecular complexity index is 423. The van der Waals surface area contributed by atoms with Gasteiger partial charge in [-0.1, -0.05) is 64.7 Å². The van der Waals surface area contributed by atoms with Crippen LogP contribution in [0.4, 0.5) is 0 Å². The summed E-state index contributed by atoms with van der Waals surface area (Å²) in [6.07, 6.45) is 14.7. The van der Waals surface area contributed by atoms with E-state index in [2.05, 4.69) is 33.2 Å². The summed E-state index contributed by atoms with van der Waals surface area (Å²) in [7, 11) is 0. The van der Waals surface area contributed by atoms with Gasteiger partial charge in [-0.15, -0.1) is 0 Å². The van der Waals surface area contributed by atoms with E-state index in [0.29, 0.717) is 5.69 Å². The molecule has 0 aliphatic carbocycles. The van der Waals surface area contributed by atoms with E-state index >= 15 is 0 Å². The van der Waals surface area contributed by atoms with Crippen molar-refractivity contribution in [1.29, 1.82) is 0 Å². The Hall–Kier alpha value is -0.900. The maximum absolute atomic E-state index is 11.9. The highest BCUT2D eigenvalue weighted by molar-refractivity contribution is 9.10. The van der Waals surface area contributed by atoms with E-state index in [1.165, 1.54) is 57.8 Å². The molecular weight excluding hydrogens is 340 g/mol. The van der Waals surface area contributed by atoms with Gasteiger partial charge in [0.05, 0.1) is 0 Å². The van der Waals surface area contributed by atoms with Gasteiger partial charge in [0, 0.05) is 17.2 Å². The molecule has 0 fully saturated rings. The molecule has 1 heterocycles. The summed E-state index contributed by atoms with van der Waals surface area (Å²) >= 11 is 3.35. The number of carbonyl (C=O) groups excluding carboxylic acids is 1. The van der Waals surface area contributed by atoms with Crippen LogP contribution in [0.2, 0.25) is 0 Å². The maximum atomic E-state index is 11.9. The molecule has 1 amide bonds. The second-order valence-corrected chi connectivity index (χ2v) is 6.63. The predicted octanol–water partition coefficient (Wildman–Crippen LogP) is 5.49. The number of aromatic nitrogens is 1. The Labute approximate surface area is 143 Å². The summed E-state index contributed by atoms with van der Waals surface area (Å²) in [4.78, 5) is 16.0. The minimum absolute atomic E-state index is 0.0941. The fourth-order valence-corrected chi connectivity index (χ4v) is 2.89. The van der Waals surface area contributed by atoms with Gasteiger partial charge < -0.3 is 5.32 Å². The number of hydrogen-bond acceptors (Lipinski definition) is 2. The number of carbonyl (C=O) groups is 1. The van der Waals surface area contributed by atoms with E-state index in [0.717, 1.165) is 17.4 Å². The number of unbranched alkanes of at least 4 members (excludes halogenated alkanes) is 9. The molecule has 0 aliphatic heterocycles. The van der Waals surface area contributed by atoms with Crippen LogP contribution in [0.25, 0.3) is 0 Å². The van der Waals surface area contributed by atoms with E-state index < -0.39 is 0 Å². The number of halogens is 1. The summed E-state index contributed by atoms with van der Waals surface area (Å²) in [5.41, 5.74) is 0.467. The van der Waals surface area contributed by atoms with Gasteiger partial charge in [0.2, 0.25) is 0 Å². The topological polar surface area (TPSA) is 42.0 Å². The number of pyridine rings is 1. The minimum atomic E-state index is -0.0941. The molecular formula is C18H29BrN2O. The average molecular weight is 369 g/mol. The molecule has 0 radical (unpaired) electrons. The third kappa shape index (κ3) is 8.52. The molecule has 0 spiro atoms. The maximum Gasteiger partial charge on any atom is 0.271 e. The van der Waals surface area contributed by atoms with Crippen LogP contribution in [0.5, 0.6) is 0 Å². The van der Waals surface area contributed by atoms with Gasteiger partial charge in [0.25, 0.3) is 5.91 Å². The Morgan fingerprint density at radius 1 is 1.05 bits per heavy atom. The molecule has 124 valence electrons. The summed E-state index contributed by atoms with van der Waals surface area (Å²) in [5.74, 6) is -0.0941. The molecule has 1 N–H and O–H groups in total. The molecule has 4 heteroatoms. The van der Waals surface area contributed by atoms with E-state index in [1.807, 2.05) is 12.1 Å². The number of amides is 1. The average Bonchev–Trinajstić information content (AvgIpc) is 2.53. The van der Waals surface area contributed by atoms with Crippen molar-refractivity contribution in [3.8, 4) is 0 Å². The Morgan fingerprint density at radius 3 is 2.23 bits per heavy atom. The van der Waals surface area contributed by atoms with Crippen molar-refractivity contribution >= 4 is 21.8 Å². The van der Waals surface area contributed by atoms with Crippen LogP contribution in [-0.4, -0.2) is 17.4 Å². The first kappa shape index (κ1) is 19.1. The first-order chi connectivity index (χ1) is 10.8. The van der Waals surface area contributed by atoms with Crippen molar-refractivity contribution in [3.05, 3.63) is 28.5 Å². The van der Waals surface area contributed by atoms with Gasteiger partial charge in [-0.3, -0.25) is 4.79 Å². The van der Waals surface area contributed by atoms with Crippen molar-refractivity contribution in [1.82, 2.24) is 10.3 Å². The van der Waals surface area contributed by atoms with Crippen LogP contribution in [0, 0.1) is 0 Å². The third-order valence-corrected chi connectivity index (χ3v) is 4.43. The van der Waals surface area contributed by atoms with E-state index in [-0.39, 0.29) is 5.91 Å². The van der Waals surface area contributed by atoms with Crippen molar-refractivity contribution in [3.63, 3.8) is 0 Å². The standard InChI is InChI=1S/C18H29BrN2O/c1-2-3-4-5-6-7-8-9-10-11-14-21-18(22)17-16(19)13-12-15-20-17/h12-13,15H,2-11,14H2,1H3,(H,21,22). The lowest BCUT2D eigenvalue weighted by molar-refractivity contribution is 0.0947. The van der Waals surface area contributed by atoms with Gasteiger partial charge in [-0.05, 0) is 34.5 Å². The first-order valence-corrected chi connectivity index (χ1v) is 9.43. The minimum Gasteiger partial charge on any atom is -0.351 e. The summed E-state index contributed by atoms with van der Waals surface area (Å²) < 4.78 is 0.746. The quantitative estimate of drug-likeness (QED) is 0.495. The van der Waals surface area contributed by atoms with Gasteiger partial charge in [-0.2, -0.15) is 0 Å². The largest absolute Gasteiger partial charge is 0.351 e. The van der Waals surface area contributed by atoms with Crippen molar-refractivity contribution in [2.45, 2.75) is 71.1 Å². The van der Waals surface area contributed by atoms with Crippen molar-refractivity contribution in [2.24, 2.45) is 0 Å². The van der Waals surface area contributed by atoms with Crippen LogP contribution in [-0.2, 0) is 0 Å². The van der Waals surface area contributed by atoms with E-state index in [4.69, 9.17) is 0 Å². The summed E-state index contributed by atoms with van der Waals surface area (Å²) in [6.45, 7) is 2.99. The zero-order valence-corrected chi connectivity index (χ0v) is 15.3. The smallest absolute Gasteiger partial charge is 0.271 e. The molecule has 1 rings (SSSR count). The predicted molar refractivity (Wildman–Crippen MR) is 96.1 cm³/mol. The van der Waals surface area contributed by atoms with Gasteiger partial charge in [0.1, 0.15) is 5.69 Å². The number of hydrogen-bond donors (Lipinski definition) is 1. The highest BCUT2D eigenvalue weighted by atomic mass is 79.9. The van der Waals surface area contributed by atoms with Crippen LogP contribution >= 0.6 is 15.9 Å². The van der Waals surface area contributed by atoms with Crippen molar-refractivity contribution in [2.75, 3.05) is 6.54 Å². The molecule has 1 aromatic heterocycles. The normalized spacial score (nSPS) is 10.6. The lowest BCUT2D eigenvalue weighted by atomic mass is 10.1. The lowest BCUT2D eigenvalue weighted by Gasteiger charge is -2.06. The molecule has 0 unspecified atom stereocenters. The van der Waals surface area contributed by atoms with Gasteiger partial charge in [0.15, 0.2) is 0 Å². The summed E-state index contributed by atoms with van der Waals surface area (Å²) in [6, 6.07) is 3.64. The molecule has 0 saturated carbocycles. The Kier molecular flexibility index (Phi) is 11.0. The van der Waals surface area contributed by atoms with Crippen LogP contribution in [0.1, 0.15) is 81.6 Å². The zero-order valence-electron chi connectivity index (χ0n) is 13.7. The third-order valence-electron chi connectivity index (χ3n) is 3.79. The molecule has 0 bridgehead atoms. The van der Waals surface area contributed by atoms with Crippen LogP contribution in [0.15, 0.2) is 22.8 Å². The monoisotopic (exact) mass is 368 g/mol. The lowest BCUT2D eigenvalue weighted by Crippen LogP contribution is -2.25. The number of nitrogens with zero attached hydrogens (tertiary/aromatic N) is 1. The Balaban J connectivity index is 1.95. The van der Waals surface area contributed by atoms with Gasteiger partial charge >= 0.3 is 0 Å². The molecule has 1 aromatic rings. The van der Waals surface area contributed by atoms with Gasteiger partial charge in [-0.25, -0.2) is 4.98 Å². The highest BCUT2D eigenvalue weighted by Gasteiger charge is 2.09. The fourth-order valence-electron chi connectivity index (χ4n) is 2.45. The molecule has 3 nitrogen and oxygen atoms in total. The zero-order chi connectivity index (χ0) is 16.0.